The van der Waals surface area contributed by atoms with Crippen LogP contribution in [0.5, 0.6) is 0 Å². The highest BCUT2D eigenvalue weighted by molar-refractivity contribution is 5.74. The van der Waals surface area contributed by atoms with E-state index < -0.39 is 0 Å². The second-order valence-corrected chi connectivity index (χ2v) is 6.49. The molecule has 4 aliphatic rings. The van der Waals surface area contributed by atoms with Crippen molar-refractivity contribution in [2.75, 3.05) is 6.79 Å². The molecule has 2 saturated heterocycles. The number of ether oxygens (including phenoxy) is 4. The van der Waals surface area contributed by atoms with Crippen molar-refractivity contribution in [1.82, 2.24) is 0 Å². The number of hydrogen-bond acceptors (Lipinski definition) is 6. The molecule has 0 amide bonds. The Hall–Kier alpha value is -1.14. The van der Waals surface area contributed by atoms with Crippen molar-refractivity contribution in [2.24, 2.45) is 11.8 Å². The van der Waals surface area contributed by atoms with Gasteiger partial charge in [0, 0.05) is 0 Å². The third kappa shape index (κ3) is 5.42. The number of hydrogen-bond donors (Lipinski definition) is 0. The summed E-state index contributed by atoms with van der Waals surface area (Å²) in [7, 11) is 0. The van der Waals surface area contributed by atoms with Gasteiger partial charge in [-0.25, -0.2) is 0 Å². The molecule has 2 aliphatic heterocycles. The van der Waals surface area contributed by atoms with Gasteiger partial charge in [0.25, 0.3) is 0 Å². The van der Waals surface area contributed by atoms with E-state index in [0.29, 0.717) is 12.2 Å². The molecule has 6 heteroatoms. The summed E-state index contributed by atoms with van der Waals surface area (Å²) in [5.41, 5.74) is 0. The molecule has 6 unspecified atom stereocenters. The summed E-state index contributed by atoms with van der Waals surface area (Å²) in [6.45, 7) is 7.73. The zero-order valence-electron chi connectivity index (χ0n) is 15.9. The third-order valence-electron chi connectivity index (χ3n) is 5.08. The predicted octanol–water partition coefficient (Wildman–Crippen LogP) is 3.22. The molecule has 25 heavy (non-hydrogen) atoms. The minimum Gasteiger partial charge on any atom is -0.428 e. The number of rotatable bonds is 4. The van der Waals surface area contributed by atoms with Gasteiger partial charge in [0.1, 0.15) is 0 Å². The Labute approximate surface area is 150 Å². The highest BCUT2D eigenvalue weighted by Gasteiger charge is 2.47. The minimum atomic E-state index is -0.272. The van der Waals surface area contributed by atoms with Crippen molar-refractivity contribution >= 4 is 11.9 Å². The van der Waals surface area contributed by atoms with Crippen molar-refractivity contribution in [2.45, 2.75) is 90.6 Å². The van der Waals surface area contributed by atoms with E-state index in [4.69, 9.17) is 18.9 Å². The van der Waals surface area contributed by atoms with Gasteiger partial charge < -0.3 is 18.9 Å². The average molecular weight is 356 g/mol. The van der Waals surface area contributed by atoms with E-state index >= 15 is 0 Å². The SMILES string of the molecule is CC.CC.O=C(OCOC(=O)C1CCC2OC2C1)C1CCC2OC2C1. The molecule has 6 atom stereocenters. The Balaban J connectivity index is 0.000000528. The first-order chi connectivity index (χ1) is 12.2. The minimum absolute atomic E-state index is 0.109. The van der Waals surface area contributed by atoms with E-state index in [1.807, 2.05) is 27.7 Å². The number of fused-ring (bicyclic) bond motifs is 2. The summed E-state index contributed by atoms with van der Waals surface area (Å²) in [4.78, 5) is 23.8. The molecule has 6 nitrogen and oxygen atoms in total. The second kappa shape index (κ2) is 9.53. The number of carbonyl (C=O) groups excluding carboxylic acids is 2. The van der Waals surface area contributed by atoms with Crippen molar-refractivity contribution < 1.29 is 28.5 Å². The van der Waals surface area contributed by atoms with Crippen molar-refractivity contribution in [3.63, 3.8) is 0 Å². The van der Waals surface area contributed by atoms with Crippen LogP contribution in [0, 0.1) is 11.8 Å². The Morgan fingerprint density at radius 3 is 1.48 bits per heavy atom. The zero-order chi connectivity index (χ0) is 18.4. The molecule has 0 aromatic rings. The van der Waals surface area contributed by atoms with E-state index in [2.05, 4.69) is 0 Å². The lowest BCUT2D eigenvalue weighted by atomic mass is 9.89. The molecule has 0 N–H and O–H groups in total. The fourth-order valence-electron chi connectivity index (χ4n) is 3.62. The Bertz CT molecular complexity index is 411. The molecular formula is C19H32O6. The van der Waals surface area contributed by atoms with Crippen LogP contribution in [0.4, 0.5) is 0 Å². The molecule has 4 fully saturated rings. The summed E-state index contributed by atoms with van der Waals surface area (Å²) < 4.78 is 20.9. The van der Waals surface area contributed by atoms with Crippen molar-refractivity contribution in [3.8, 4) is 0 Å². The lowest BCUT2D eigenvalue weighted by Crippen LogP contribution is -2.27. The maximum atomic E-state index is 11.9. The van der Waals surface area contributed by atoms with Gasteiger partial charge in [-0.3, -0.25) is 9.59 Å². The largest absolute Gasteiger partial charge is 0.428 e. The summed E-state index contributed by atoms with van der Waals surface area (Å²) in [5.74, 6) is -0.762. The quantitative estimate of drug-likeness (QED) is 0.437. The molecule has 0 aromatic carbocycles. The molecule has 2 aliphatic carbocycles. The topological polar surface area (TPSA) is 77.7 Å². The first-order valence-electron chi connectivity index (χ1n) is 9.85. The monoisotopic (exact) mass is 356 g/mol. The Kier molecular flexibility index (Phi) is 7.69. The summed E-state index contributed by atoms with van der Waals surface area (Å²) in [6.07, 6.45) is 6.15. The maximum Gasteiger partial charge on any atom is 0.311 e. The van der Waals surface area contributed by atoms with Gasteiger partial charge in [-0.05, 0) is 38.5 Å². The van der Waals surface area contributed by atoms with Crippen LogP contribution in [-0.2, 0) is 28.5 Å². The average Bonchev–Trinajstić information content (AvgIpc) is 3.57. The van der Waals surface area contributed by atoms with Gasteiger partial charge in [-0.2, -0.15) is 0 Å². The predicted molar refractivity (Wildman–Crippen MR) is 91.8 cm³/mol. The lowest BCUT2D eigenvalue weighted by Gasteiger charge is -2.19. The third-order valence-corrected chi connectivity index (χ3v) is 5.08. The molecule has 2 saturated carbocycles. The molecule has 4 rings (SSSR count). The summed E-state index contributed by atoms with van der Waals surface area (Å²) in [5, 5.41) is 0. The molecule has 0 bridgehead atoms. The first-order valence-corrected chi connectivity index (χ1v) is 9.85. The van der Waals surface area contributed by atoms with Crippen LogP contribution in [-0.4, -0.2) is 43.1 Å². The van der Waals surface area contributed by atoms with Crippen molar-refractivity contribution in [3.05, 3.63) is 0 Å². The standard InChI is InChI=1S/C15H20O6.2C2H6/c16-14(8-1-3-10-12(5-8)20-10)18-7-19-15(17)9-2-4-11-13(6-9)21-11;2*1-2/h8-13H,1-7H2;2*1-2H3. The van der Waals surface area contributed by atoms with Crippen LogP contribution in [0.1, 0.15) is 66.2 Å². The van der Waals surface area contributed by atoms with E-state index in [0.717, 1.165) is 38.5 Å². The molecular weight excluding hydrogens is 324 g/mol. The molecule has 0 radical (unpaired) electrons. The van der Waals surface area contributed by atoms with Crippen LogP contribution in [0.3, 0.4) is 0 Å². The van der Waals surface area contributed by atoms with E-state index in [-0.39, 0.29) is 42.8 Å². The van der Waals surface area contributed by atoms with Crippen molar-refractivity contribution in [1.29, 1.82) is 0 Å². The number of carbonyl (C=O) groups is 2. The normalized spacial score (nSPS) is 36.8. The molecule has 2 heterocycles. The van der Waals surface area contributed by atoms with Gasteiger partial charge in [0.2, 0.25) is 6.79 Å². The summed E-state index contributed by atoms with van der Waals surface area (Å²) >= 11 is 0. The fraction of sp³-hybridized carbons (Fsp3) is 0.895. The van der Waals surface area contributed by atoms with E-state index in [1.165, 1.54) is 0 Å². The highest BCUT2D eigenvalue weighted by Crippen LogP contribution is 2.40. The van der Waals surface area contributed by atoms with Crippen LogP contribution in [0.2, 0.25) is 0 Å². The van der Waals surface area contributed by atoms with Gasteiger partial charge in [-0.1, -0.05) is 27.7 Å². The molecule has 0 aromatic heterocycles. The summed E-state index contributed by atoms with van der Waals surface area (Å²) in [6, 6.07) is 0. The number of epoxide rings is 2. The molecule has 144 valence electrons. The van der Waals surface area contributed by atoms with Crippen LogP contribution >= 0.6 is 0 Å². The van der Waals surface area contributed by atoms with Crippen LogP contribution in [0.15, 0.2) is 0 Å². The molecule has 0 spiro atoms. The van der Waals surface area contributed by atoms with Crippen LogP contribution < -0.4 is 0 Å². The van der Waals surface area contributed by atoms with Gasteiger partial charge in [0.15, 0.2) is 0 Å². The second-order valence-electron chi connectivity index (χ2n) is 6.49. The first kappa shape index (κ1) is 20.2. The van der Waals surface area contributed by atoms with Gasteiger partial charge >= 0.3 is 11.9 Å². The van der Waals surface area contributed by atoms with Crippen LogP contribution in [0.25, 0.3) is 0 Å². The smallest absolute Gasteiger partial charge is 0.311 e. The Morgan fingerprint density at radius 1 is 0.720 bits per heavy atom. The zero-order valence-corrected chi connectivity index (χ0v) is 15.9. The highest BCUT2D eigenvalue weighted by atomic mass is 16.7. The van der Waals surface area contributed by atoms with Gasteiger partial charge in [-0.15, -0.1) is 0 Å². The Morgan fingerprint density at radius 2 is 1.12 bits per heavy atom. The fourth-order valence-corrected chi connectivity index (χ4v) is 3.62. The van der Waals surface area contributed by atoms with E-state index in [9.17, 15) is 9.59 Å². The lowest BCUT2D eigenvalue weighted by molar-refractivity contribution is -0.173. The maximum absolute atomic E-state index is 11.9. The van der Waals surface area contributed by atoms with Gasteiger partial charge in [0.05, 0.1) is 36.3 Å². The number of esters is 2. The van der Waals surface area contributed by atoms with E-state index in [1.54, 1.807) is 0 Å².